The van der Waals surface area contributed by atoms with Gasteiger partial charge in [-0.1, -0.05) is 11.6 Å². The Balaban J connectivity index is 0.00000225. The number of nitrogen functional groups attached to an aromatic ring is 1. The number of piperidine rings is 1. The highest BCUT2D eigenvalue weighted by molar-refractivity contribution is 6.35. The van der Waals surface area contributed by atoms with Gasteiger partial charge in [0.05, 0.1) is 16.3 Å². The first-order valence-electron chi connectivity index (χ1n) is 9.72. The van der Waals surface area contributed by atoms with Crippen LogP contribution in [-0.4, -0.2) is 44.0 Å². The minimum Gasteiger partial charge on any atom is -0.461 e. The summed E-state index contributed by atoms with van der Waals surface area (Å²) in [4.78, 5) is 15.4. The van der Waals surface area contributed by atoms with E-state index in [9.17, 15) is 4.79 Å². The van der Waals surface area contributed by atoms with Crippen molar-refractivity contribution in [1.82, 2.24) is 4.90 Å². The summed E-state index contributed by atoms with van der Waals surface area (Å²) in [5.41, 5.74) is 7.64. The van der Waals surface area contributed by atoms with E-state index in [0.717, 1.165) is 49.0 Å². The molecule has 0 bridgehead atoms. The molecule has 2 aromatic rings. The largest absolute Gasteiger partial charge is 0.461 e. The number of benzene rings is 1. The van der Waals surface area contributed by atoms with Gasteiger partial charge in [0, 0.05) is 45.2 Å². The molecule has 2 atom stereocenters. The number of furan rings is 1. The Kier molecular flexibility index (Phi) is 6.60. The van der Waals surface area contributed by atoms with Gasteiger partial charge in [-0.15, -0.1) is 12.4 Å². The Labute approximate surface area is 176 Å². The Hall–Kier alpha value is -1.27. The molecule has 2 aliphatic rings. The number of methoxy groups -OCH3 is 1. The SMILES string of the molecule is COCCCN1CC2C(CCC(=O)c3cc(Cl)c(N)c4cc(C)oc34)C2C1.Cl. The first-order valence-corrected chi connectivity index (χ1v) is 10.1. The zero-order chi connectivity index (χ0) is 19.1. The van der Waals surface area contributed by atoms with Crippen LogP contribution in [0.5, 0.6) is 0 Å². The van der Waals surface area contributed by atoms with E-state index in [4.69, 9.17) is 26.5 Å². The summed E-state index contributed by atoms with van der Waals surface area (Å²) < 4.78 is 10.9. The van der Waals surface area contributed by atoms with Crippen molar-refractivity contribution in [1.29, 1.82) is 0 Å². The van der Waals surface area contributed by atoms with Crippen LogP contribution in [0.25, 0.3) is 11.0 Å². The fourth-order valence-electron chi connectivity index (χ4n) is 4.73. The molecule has 7 heteroatoms. The molecule has 1 aliphatic heterocycles. The molecule has 0 spiro atoms. The lowest BCUT2D eigenvalue weighted by Crippen LogP contribution is -2.26. The predicted molar refractivity (Wildman–Crippen MR) is 115 cm³/mol. The van der Waals surface area contributed by atoms with Crippen LogP contribution >= 0.6 is 24.0 Å². The van der Waals surface area contributed by atoms with Crippen LogP contribution in [0.2, 0.25) is 5.02 Å². The van der Waals surface area contributed by atoms with Gasteiger partial charge < -0.3 is 19.8 Å². The second-order valence-corrected chi connectivity index (χ2v) is 8.39. The number of nitrogens with two attached hydrogens (primary N) is 1. The van der Waals surface area contributed by atoms with Gasteiger partial charge in [0.25, 0.3) is 0 Å². The number of ketones is 1. The number of carbonyl (C=O) groups excluding carboxylic acids is 1. The summed E-state index contributed by atoms with van der Waals surface area (Å²) in [7, 11) is 1.75. The average molecular weight is 427 g/mol. The van der Waals surface area contributed by atoms with E-state index in [-0.39, 0.29) is 18.2 Å². The van der Waals surface area contributed by atoms with Crippen molar-refractivity contribution in [3.05, 3.63) is 28.5 Å². The average Bonchev–Trinajstić information content (AvgIpc) is 2.97. The second kappa shape index (κ2) is 8.62. The van der Waals surface area contributed by atoms with Crippen molar-refractivity contribution in [2.24, 2.45) is 17.8 Å². The third-order valence-corrected chi connectivity index (χ3v) is 6.51. The van der Waals surface area contributed by atoms with Crippen LogP contribution < -0.4 is 5.73 Å². The summed E-state index contributed by atoms with van der Waals surface area (Å²) in [6, 6.07) is 3.51. The fraction of sp³-hybridized carbons (Fsp3) is 0.571. The summed E-state index contributed by atoms with van der Waals surface area (Å²) in [5.74, 6) is 3.05. The van der Waals surface area contributed by atoms with Crippen LogP contribution in [-0.2, 0) is 4.74 Å². The maximum absolute atomic E-state index is 12.8. The zero-order valence-corrected chi connectivity index (χ0v) is 17.9. The molecule has 2 unspecified atom stereocenters. The molecule has 2 fully saturated rings. The second-order valence-electron chi connectivity index (χ2n) is 7.98. The molecule has 154 valence electrons. The van der Waals surface area contributed by atoms with E-state index in [1.54, 1.807) is 13.2 Å². The van der Waals surface area contributed by atoms with Crippen molar-refractivity contribution in [2.45, 2.75) is 26.2 Å². The number of ether oxygens (including phenoxy) is 1. The molecular formula is C21H28Cl2N2O3. The predicted octanol–water partition coefficient (Wildman–Crippen LogP) is 4.58. The number of anilines is 1. The molecule has 5 nitrogen and oxygen atoms in total. The first kappa shape index (κ1) is 21.4. The molecule has 0 radical (unpaired) electrons. The standard InChI is InChI=1S/C21H27ClN2O3.ClH/c1-12-8-15-20(23)18(22)9-14(21(15)27-12)19(25)5-4-13-16-10-24(11-17(13)16)6-3-7-26-2;/h8-9,13,16-17H,3-7,10-11,23H2,1-2H3;1H. The van der Waals surface area contributed by atoms with Crippen LogP contribution in [0.3, 0.4) is 0 Å². The van der Waals surface area contributed by atoms with Gasteiger partial charge in [-0.2, -0.15) is 0 Å². The van der Waals surface area contributed by atoms with Crippen LogP contribution in [0.15, 0.2) is 16.5 Å². The number of fused-ring (bicyclic) bond motifs is 2. The summed E-state index contributed by atoms with van der Waals surface area (Å²) >= 11 is 6.23. The monoisotopic (exact) mass is 426 g/mol. The van der Waals surface area contributed by atoms with E-state index in [1.165, 1.54) is 13.1 Å². The van der Waals surface area contributed by atoms with E-state index >= 15 is 0 Å². The maximum Gasteiger partial charge on any atom is 0.166 e. The Morgan fingerprint density at radius 2 is 2.07 bits per heavy atom. The van der Waals surface area contributed by atoms with Crippen molar-refractivity contribution in [3.63, 3.8) is 0 Å². The number of rotatable bonds is 8. The number of carbonyl (C=O) groups is 1. The summed E-state index contributed by atoms with van der Waals surface area (Å²) in [5, 5.41) is 1.15. The van der Waals surface area contributed by atoms with E-state index in [2.05, 4.69) is 4.90 Å². The molecule has 0 amide bonds. The maximum atomic E-state index is 12.8. The van der Waals surface area contributed by atoms with E-state index < -0.39 is 0 Å². The lowest BCUT2D eigenvalue weighted by atomic mass is 10.0. The number of hydrogen-bond donors (Lipinski definition) is 1. The van der Waals surface area contributed by atoms with Gasteiger partial charge in [-0.3, -0.25) is 4.79 Å². The minimum absolute atomic E-state index is 0. The molecule has 4 rings (SSSR count). The van der Waals surface area contributed by atoms with Crippen LogP contribution in [0, 0.1) is 24.7 Å². The van der Waals surface area contributed by atoms with Gasteiger partial charge in [0.15, 0.2) is 5.78 Å². The quantitative estimate of drug-likeness (QED) is 0.380. The molecule has 2 heterocycles. The Morgan fingerprint density at radius 3 is 2.75 bits per heavy atom. The number of aryl methyl sites for hydroxylation is 1. The van der Waals surface area contributed by atoms with Crippen molar-refractivity contribution >= 4 is 46.4 Å². The normalized spacial score (nSPS) is 23.6. The number of Topliss-reactive ketones (excluding diaryl/α,β-unsaturated/α-hetero) is 1. The van der Waals surface area contributed by atoms with Gasteiger partial charge in [0.1, 0.15) is 11.3 Å². The highest BCUT2D eigenvalue weighted by Crippen LogP contribution is 2.54. The number of nitrogens with zero attached hydrogens (tertiary/aromatic N) is 1. The van der Waals surface area contributed by atoms with Gasteiger partial charge in [-0.25, -0.2) is 0 Å². The summed E-state index contributed by atoms with van der Waals surface area (Å²) in [6.45, 7) is 6.14. The lowest BCUT2D eigenvalue weighted by Gasteiger charge is -2.19. The number of likely N-dealkylation sites (tertiary alicyclic amines) is 1. The van der Waals surface area contributed by atoms with E-state index in [1.807, 2.05) is 13.0 Å². The van der Waals surface area contributed by atoms with Crippen molar-refractivity contribution in [2.75, 3.05) is 39.1 Å². The van der Waals surface area contributed by atoms with Crippen LogP contribution in [0.4, 0.5) is 5.69 Å². The zero-order valence-electron chi connectivity index (χ0n) is 16.4. The van der Waals surface area contributed by atoms with E-state index in [0.29, 0.717) is 34.2 Å². The third-order valence-electron chi connectivity index (χ3n) is 6.19. The third kappa shape index (κ3) is 4.04. The van der Waals surface area contributed by atoms with Gasteiger partial charge >= 0.3 is 0 Å². The Bertz CT molecular complexity index is 855. The van der Waals surface area contributed by atoms with Gasteiger partial charge in [0.2, 0.25) is 0 Å². The number of hydrogen-bond acceptors (Lipinski definition) is 5. The molecule has 1 aromatic heterocycles. The molecule has 1 saturated heterocycles. The first-order chi connectivity index (χ1) is 13.0. The lowest BCUT2D eigenvalue weighted by molar-refractivity contribution is 0.0976. The minimum atomic E-state index is 0. The molecule has 28 heavy (non-hydrogen) atoms. The topological polar surface area (TPSA) is 68.7 Å². The molecule has 2 N–H and O–H groups in total. The molecule has 1 saturated carbocycles. The highest BCUT2D eigenvalue weighted by atomic mass is 35.5. The molecule has 1 aliphatic carbocycles. The highest BCUT2D eigenvalue weighted by Gasteiger charge is 2.54. The van der Waals surface area contributed by atoms with Crippen molar-refractivity contribution < 1.29 is 13.9 Å². The van der Waals surface area contributed by atoms with Crippen LogP contribution in [0.1, 0.15) is 35.4 Å². The molecule has 1 aromatic carbocycles. The Morgan fingerprint density at radius 1 is 1.36 bits per heavy atom. The number of halogens is 2. The fourth-order valence-corrected chi connectivity index (χ4v) is 4.94. The molecular weight excluding hydrogens is 399 g/mol. The summed E-state index contributed by atoms with van der Waals surface area (Å²) in [6.07, 6.45) is 2.58. The van der Waals surface area contributed by atoms with Gasteiger partial charge in [-0.05, 0) is 49.7 Å². The smallest absolute Gasteiger partial charge is 0.166 e. The van der Waals surface area contributed by atoms with Crippen molar-refractivity contribution in [3.8, 4) is 0 Å².